The van der Waals surface area contributed by atoms with Crippen molar-refractivity contribution in [3.8, 4) is 5.75 Å². The SMILES string of the molecule is [N-]=[N+]=NCCC(O)C(O)c1ccc(O)c(CO)c1. The molecule has 18 heavy (non-hydrogen) atoms. The molecule has 0 aliphatic carbocycles. The first-order chi connectivity index (χ1) is 8.60. The molecule has 0 bridgehead atoms. The van der Waals surface area contributed by atoms with Gasteiger partial charge >= 0.3 is 0 Å². The second kappa shape index (κ2) is 6.83. The smallest absolute Gasteiger partial charge is 0.121 e. The zero-order valence-corrected chi connectivity index (χ0v) is 9.64. The lowest BCUT2D eigenvalue weighted by Gasteiger charge is -2.18. The number of phenols is 1. The highest BCUT2D eigenvalue weighted by Gasteiger charge is 2.18. The van der Waals surface area contributed by atoms with Gasteiger partial charge in [-0.1, -0.05) is 11.2 Å². The lowest BCUT2D eigenvalue weighted by Crippen LogP contribution is -2.19. The molecule has 1 rings (SSSR count). The number of hydrogen-bond donors (Lipinski definition) is 4. The fraction of sp³-hybridized carbons (Fsp3) is 0.455. The summed E-state index contributed by atoms with van der Waals surface area (Å²) in [5.41, 5.74) is 8.74. The molecule has 1 aromatic rings. The van der Waals surface area contributed by atoms with Crippen LogP contribution in [0.3, 0.4) is 0 Å². The van der Waals surface area contributed by atoms with Crippen molar-refractivity contribution in [2.75, 3.05) is 6.54 Å². The molecule has 2 unspecified atom stereocenters. The Hall–Kier alpha value is -1.79. The van der Waals surface area contributed by atoms with Gasteiger partial charge in [0.2, 0.25) is 0 Å². The highest BCUT2D eigenvalue weighted by Crippen LogP contribution is 2.25. The molecule has 0 fully saturated rings. The van der Waals surface area contributed by atoms with Gasteiger partial charge in [0.05, 0.1) is 12.7 Å². The van der Waals surface area contributed by atoms with Crippen LogP contribution in [0.2, 0.25) is 0 Å². The van der Waals surface area contributed by atoms with E-state index in [0.717, 1.165) is 0 Å². The molecular weight excluding hydrogens is 238 g/mol. The van der Waals surface area contributed by atoms with Crippen LogP contribution < -0.4 is 0 Å². The summed E-state index contributed by atoms with van der Waals surface area (Å²) in [6.45, 7) is -0.277. The van der Waals surface area contributed by atoms with E-state index in [1.165, 1.54) is 18.2 Å². The van der Waals surface area contributed by atoms with Gasteiger partial charge in [-0.2, -0.15) is 0 Å². The molecule has 7 heteroatoms. The minimum absolute atomic E-state index is 0.0722. The molecule has 0 amide bonds. The second-order valence-corrected chi connectivity index (χ2v) is 3.80. The Morgan fingerprint density at radius 2 is 2.06 bits per heavy atom. The van der Waals surface area contributed by atoms with Gasteiger partial charge in [-0.05, 0) is 29.6 Å². The van der Waals surface area contributed by atoms with Crippen molar-refractivity contribution in [3.63, 3.8) is 0 Å². The van der Waals surface area contributed by atoms with Crippen LogP contribution in [0, 0.1) is 0 Å². The maximum atomic E-state index is 9.85. The van der Waals surface area contributed by atoms with E-state index in [-0.39, 0.29) is 30.9 Å². The summed E-state index contributed by atoms with van der Waals surface area (Å²) in [4.78, 5) is 2.54. The highest BCUT2D eigenvalue weighted by atomic mass is 16.3. The number of azide groups is 1. The quantitative estimate of drug-likeness (QED) is 0.342. The number of hydrogen-bond acceptors (Lipinski definition) is 5. The largest absolute Gasteiger partial charge is 0.508 e. The number of aliphatic hydroxyl groups excluding tert-OH is 3. The Bertz CT molecular complexity index is 446. The number of benzene rings is 1. The first kappa shape index (κ1) is 14.3. The van der Waals surface area contributed by atoms with Crippen LogP contribution in [-0.2, 0) is 6.61 Å². The molecule has 4 N–H and O–H groups in total. The van der Waals surface area contributed by atoms with Crippen LogP contribution in [0.5, 0.6) is 5.75 Å². The summed E-state index contributed by atoms with van der Waals surface area (Å²) in [6, 6.07) is 4.21. The van der Waals surface area contributed by atoms with Crippen LogP contribution in [-0.4, -0.2) is 33.1 Å². The van der Waals surface area contributed by atoms with Crippen molar-refractivity contribution < 1.29 is 20.4 Å². The fourth-order valence-corrected chi connectivity index (χ4v) is 1.53. The summed E-state index contributed by atoms with van der Waals surface area (Å²) < 4.78 is 0. The third-order valence-corrected chi connectivity index (χ3v) is 2.57. The molecule has 0 aliphatic heterocycles. The van der Waals surface area contributed by atoms with E-state index in [4.69, 9.17) is 10.6 Å². The second-order valence-electron chi connectivity index (χ2n) is 3.80. The van der Waals surface area contributed by atoms with E-state index in [0.29, 0.717) is 5.56 Å². The number of aliphatic hydroxyl groups is 3. The number of rotatable bonds is 6. The van der Waals surface area contributed by atoms with E-state index in [2.05, 4.69) is 10.0 Å². The average molecular weight is 253 g/mol. The maximum absolute atomic E-state index is 9.85. The fourth-order valence-electron chi connectivity index (χ4n) is 1.53. The summed E-state index contributed by atoms with van der Waals surface area (Å²) in [5.74, 6) is -0.0722. The van der Waals surface area contributed by atoms with Gasteiger partial charge in [0.15, 0.2) is 0 Å². The molecule has 98 valence electrons. The molecule has 1 aromatic carbocycles. The van der Waals surface area contributed by atoms with Gasteiger partial charge in [0.1, 0.15) is 11.9 Å². The average Bonchev–Trinajstić information content (AvgIpc) is 2.38. The summed E-state index contributed by atoms with van der Waals surface area (Å²) in [7, 11) is 0. The van der Waals surface area contributed by atoms with Crippen molar-refractivity contribution in [3.05, 3.63) is 39.8 Å². The van der Waals surface area contributed by atoms with E-state index >= 15 is 0 Å². The van der Waals surface area contributed by atoms with Gasteiger partial charge in [-0.3, -0.25) is 0 Å². The minimum Gasteiger partial charge on any atom is -0.508 e. The predicted octanol–water partition coefficient (Wildman–Crippen LogP) is 0.979. The van der Waals surface area contributed by atoms with Crippen molar-refractivity contribution in [1.29, 1.82) is 0 Å². The van der Waals surface area contributed by atoms with Gasteiger partial charge < -0.3 is 20.4 Å². The van der Waals surface area contributed by atoms with Crippen LogP contribution in [0.25, 0.3) is 10.4 Å². The maximum Gasteiger partial charge on any atom is 0.121 e. The monoisotopic (exact) mass is 253 g/mol. The van der Waals surface area contributed by atoms with E-state index in [9.17, 15) is 15.3 Å². The third kappa shape index (κ3) is 3.61. The van der Waals surface area contributed by atoms with Gasteiger partial charge in [0.25, 0.3) is 0 Å². The molecule has 0 heterocycles. The van der Waals surface area contributed by atoms with E-state index in [1.54, 1.807) is 0 Å². The van der Waals surface area contributed by atoms with Crippen molar-refractivity contribution >= 4 is 0 Å². The van der Waals surface area contributed by atoms with Gasteiger partial charge in [-0.25, -0.2) is 0 Å². The highest BCUT2D eigenvalue weighted by molar-refractivity contribution is 5.36. The first-order valence-corrected chi connectivity index (χ1v) is 5.39. The Morgan fingerprint density at radius 3 is 2.67 bits per heavy atom. The Kier molecular flexibility index (Phi) is 5.41. The zero-order chi connectivity index (χ0) is 13.5. The minimum atomic E-state index is -1.16. The van der Waals surface area contributed by atoms with Crippen LogP contribution in [0.1, 0.15) is 23.7 Å². The lowest BCUT2D eigenvalue weighted by molar-refractivity contribution is 0.0149. The van der Waals surface area contributed by atoms with Crippen molar-refractivity contribution in [1.82, 2.24) is 0 Å². The van der Waals surface area contributed by atoms with Crippen LogP contribution in [0.15, 0.2) is 23.3 Å². The summed E-state index contributed by atoms with van der Waals surface area (Å²) >= 11 is 0. The van der Waals surface area contributed by atoms with Gasteiger partial charge in [-0.15, -0.1) is 0 Å². The Balaban J connectivity index is 2.76. The zero-order valence-electron chi connectivity index (χ0n) is 9.64. The topological polar surface area (TPSA) is 130 Å². The Labute approximate surface area is 104 Å². The van der Waals surface area contributed by atoms with Gasteiger partial charge in [0, 0.05) is 17.0 Å². The molecular formula is C11H15N3O4. The van der Waals surface area contributed by atoms with Crippen LogP contribution >= 0.6 is 0 Å². The first-order valence-electron chi connectivity index (χ1n) is 5.39. The number of aromatic hydroxyl groups is 1. The van der Waals surface area contributed by atoms with Crippen molar-refractivity contribution in [2.24, 2.45) is 5.11 Å². The molecule has 0 aliphatic rings. The Morgan fingerprint density at radius 1 is 1.33 bits per heavy atom. The number of nitrogens with zero attached hydrogens (tertiary/aromatic N) is 3. The standard InChI is InChI=1S/C11H15N3O4/c12-14-13-4-3-10(17)11(18)7-1-2-9(16)8(5-7)6-15/h1-2,5,10-11,15-18H,3-4,6H2. The molecule has 2 atom stereocenters. The normalized spacial score (nSPS) is 13.7. The molecule has 0 aromatic heterocycles. The molecule has 0 spiro atoms. The lowest BCUT2D eigenvalue weighted by atomic mass is 10.00. The molecule has 7 nitrogen and oxygen atoms in total. The van der Waals surface area contributed by atoms with Crippen LogP contribution in [0.4, 0.5) is 0 Å². The molecule has 0 saturated carbocycles. The summed E-state index contributed by atoms with van der Waals surface area (Å²) in [6.07, 6.45) is -2.11. The van der Waals surface area contributed by atoms with Crippen molar-refractivity contribution in [2.45, 2.75) is 25.2 Å². The molecule has 0 saturated heterocycles. The molecule has 0 radical (unpaired) electrons. The predicted molar refractivity (Wildman–Crippen MR) is 63.6 cm³/mol. The van der Waals surface area contributed by atoms with E-state index < -0.39 is 12.2 Å². The summed E-state index contributed by atoms with van der Waals surface area (Å²) in [5, 5.41) is 41.1. The third-order valence-electron chi connectivity index (χ3n) is 2.57. The van der Waals surface area contributed by atoms with E-state index in [1.807, 2.05) is 0 Å².